The van der Waals surface area contributed by atoms with Gasteiger partial charge in [-0.15, -0.1) is 0 Å². The maximum Gasteiger partial charge on any atom is 0.239 e. The summed E-state index contributed by atoms with van der Waals surface area (Å²) < 4.78 is 4.49. The quantitative estimate of drug-likeness (QED) is 0.596. The van der Waals surface area contributed by atoms with Crippen LogP contribution < -0.4 is 10.2 Å². The molecule has 0 saturated carbocycles. The van der Waals surface area contributed by atoms with Crippen LogP contribution >= 0.6 is 23.1 Å². The Morgan fingerprint density at radius 2 is 1.82 bits per heavy atom. The molecule has 1 N–H and O–H groups in total. The highest BCUT2D eigenvalue weighted by Gasteiger charge is 2.17. The van der Waals surface area contributed by atoms with Gasteiger partial charge in [0.2, 0.25) is 11.0 Å². The number of hydrogen-bond donors (Lipinski definition) is 1. The van der Waals surface area contributed by atoms with Crippen molar-refractivity contribution >= 4 is 34.2 Å². The molecule has 1 heterocycles. The SMILES string of the molecule is CC(C)NC(=O)CN(Cc1ccccc1)c1nc(Cc2ccc(Cl)cc2)ns1. The first-order valence-corrected chi connectivity index (χ1v) is 10.3. The molecular formula is C21H23ClN4OS. The normalized spacial score (nSPS) is 10.9. The molecule has 0 aliphatic heterocycles. The number of benzene rings is 2. The van der Waals surface area contributed by atoms with Gasteiger partial charge in [0.15, 0.2) is 0 Å². The van der Waals surface area contributed by atoms with E-state index in [0.29, 0.717) is 18.0 Å². The van der Waals surface area contributed by atoms with E-state index in [1.807, 2.05) is 73.3 Å². The number of halogens is 1. The molecule has 0 saturated heterocycles. The third kappa shape index (κ3) is 6.04. The number of carbonyl (C=O) groups is 1. The van der Waals surface area contributed by atoms with E-state index in [9.17, 15) is 4.79 Å². The van der Waals surface area contributed by atoms with E-state index in [0.717, 1.165) is 22.1 Å². The summed E-state index contributed by atoms with van der Waals surface area (Å²) in [5.41, 5.74) is 2.22. The minimum absolute atomic E-state index is 0.0274. The van der Waals surface area contributed by atoms with Crippen LogP contribution in [0.2, 0.25) is 5.02 Å². The van der Waals surface area contributed by atoms with Crippen LogP contribution in [0.4, 0.5) is 5.13 Å². The second-order valence-electron chi connectivity index (χ2n) is 6.86. The first kappa shape index (κ1) is 20.3. The molecule has 0 aliphatic rings. The Balaban J connectivity index is 1.76. The van der Waals surface area contributed by atoms with Crippen molar-refractivity contribution < 1.29 is 4.79 Å². The van der Waals surface area contributed by atoms with Crippen LogP contribution in [0.3, 0.4) is 0 Å². The van der Waals surface area contributed by atoms with Crippen molar-refractivity contribution in [1.82, 2.24) is 14.7 Å². The van der Waals surface area contributed by atoms with Crippen LogP contribution in [-0.2, 0) is 17.8 Å². The van der Waals surface area contributed by atoms with Gasteiger partial charge in [0.05, 0.1) is 6.54 Å². The molecular weight excluding hydrogens is 392 g/mol. The van der Waals surface area contributed by atoms with Crippen molar-refractivity contribution in [2.45, 2.75) is 32.9 Å². The monoisotopic (exact) mass is 414 g/mol. The zero-order valence-electron chi connectivity index (χ0n) is 15.9. The van der Waals surface area contributed by atoms with Gasteiger partial charge in [0.25, 0.3) is 0 Å². The van der Waals surface area contributed by atoms with E-state index >= 15 is 0 Å². The maximum absolute atomic E-state index is 12.3. The van der Waals surface area contributed by atoms with E-state index in [1.165, 1.54) is 11.5 Å². The molecule has 146 valence electrons. The Bertz CT molecular complexity index is 896. The third-order valence-electron chi connectivity index (χ3n) is 4.00. The van der Waals surface area contributed by atoms with Gasteiger partial charge in [-0.3, -0.25) is 4.79 Å². The summed E-state index contributed by atoms with van der Waals surface area (Å²) in [4.78, 5) is 19.0. The molecule has 1 amide bonds. The molecule has 0 bridgehead atoms. The van der Waals surface area contributed by atoms with Crippen molar-refractivity contribution in [2.75, 3.05) is 11.4 Å². The highest BCUT2D eigenvalue weighted by atomic mass is 35.5. The van der Waals surface area contributed by atoms with Gasteiger partial charge in [-0.25, -0.2) is 4.98 Å². The molecule has 0 radical (unpaired) electrons. The molecule has 7 heteroatoms. The Kier molecular flexibility index (Phi) is 7.01. The smallest absolute Gasteiger partial charge is 0.239 e. The van der Waals surface area contributed by atoms with Crippen molar-refractivity contribution in [1.29, 1.82) is 0 Å². The number of hydrogen-bond acceptors (Lipinski definition) is 5. The first-order valence-electron chi connectivity index (χ1n) is 9.15. The Hall–Kier alpha value is -2.44. The summed E-state index contributed by atoms with van der Waals surface area (Å²) >= 11 is 7.27. The lowest BCUT2D eigenvalue weighted by Gasteiger charge is -2.21. The standard InChI is InChI=1S/C21H23ClN4OS/c1-15(2)23-20(27)14-26(13-17-6-4-3-5-7-17)21-24-19(25-28-21)12-16-8-10-18(22)11-9-16/h3-11,15H,12-14H2,1-2H3,(H,23,27). The van der Waals surface area contributed by atoms with Crippen LogP contribution in [0.15, 0.2) is 54.6 Å². The van der Waals surface area contributed by atoms with Crippen molar-refractivity contribution in [3.05, 3.63) is 76.6 Å². The number of carbonyl (C=O) groups excluding carboxylic acids is 1. The van der Waals surface area contributed by atoms with Gasteiger partial charge in [-0.1, -0.05) is 54.1 Å². The summed E-state index contributed by atoms with van der Waals surface area (Å²) in [6.07, 6.45) is 0.630. The van der Waals surface area contributed by atoms with E-state index in [1.54, 1.807) is 0 Å². The number of nitrogens with one attached hydrogen (secondary N) is 1. The molecule has 0 atom stereocenters. The Morgan fingerprint density at radius 3 is 2.50 bits per heavy atom. The Labute approximate surface area is 174 Å². The van der Waals surface area contributed by atoms with Crippen molar-refractivity contribution in [3.8, 4) is 0 Å². The van der Waals surface area contributed by atoms with E-state index < -0.39 is 0 Å². The molecule has 1 aromatic heterocycles. The van der Waals surface area contributed by atoms with Crippen LogP contribution in [0.25, 0.3) is 0 Å². The summed E-state index contributed by atoms with van der Waals surface area (Å²) in [5, 5.41) is 4.40. The minimum Gasteiger partial charge on any atom is -0.352 e. The number of aromatic nitrogens is 2. The van der Waals surface area contributed by atoms with E-state index in [-0.39, 0.29) is 18.5 Å². The average Bonchev–Trinajstić information content (AvgIpc) is 3.12. The fraction of sp³-hybridized carbons (Fsp3) is 0.286. The van der Waals surface area contributed by atoms with E-state index in [4.69, 9.17) is 11.6 Å². The van der Waals surface area contributed by atoms with Gasteiger partial charge in [0, 0.05) is 35.6 Å². The molecule has 0 fully saturated rings. The minimum atomic E-state index is -0.0274. The molecule has 3 aromatic rings. The number of nitrogens with zero attached hydrogens (tertiary/aromatic N) is 3. The van der Waals surface area contributed by atoms with Crippen LogP contribution in [0.1, 0.15) is 30.8 Å². The van der Waals surface area contributed by atoms with Crippen molar-refractivity contribution in [3.63, 3.8) is 0 Å². The number of rotatable bonds is 8. The lowest BCUT2D eigenvalue weighted by Crippen LogP contribution is -2.40. The zero-order valence-corrected chi connectivity index (χ0v) is 17.5. The lowest BCUT2D eigenvalue weighted by molar-refractivity contribution is -0.120. The molecule has 3 rings (SSSR count). The van der Waals surface area contributed by atoms with Crippen LogP contribution in [-0.4, -0.2) is 27.9 Å². The summed E-state index contributed by atoms with van der Waals surface area (Å²) in [7, 11) is 0. The zero-order chi connectivity index (χ0) is 19.9. The fourth-order valence-electron chi connectivity index (χ4n) is 2.77. The van der Waals surface area contributed by atoms with Crippen LogP contribution in [0, 0.1) is 0 Å². The van der Waals surface area contributed by atoms with E-state index in [2.05, 4.69) is 14.7 Å². The third-order valence-corrected chi connectivity index (χ3v) is 5.07. The molecule has 5 nitrogen and oxygen atoms in total. The fourth-order valence-corrected chi connectivity index (χ4v) is 3.57. The number of anilines is 1. The largest absolute Gasteiger partial charge is 0.352 e. The number of amides is 1. The molecule has 0 spiro atoms. The molecule has 28 heavy (non-hydrogen) atoms. The lowest BCUT2D eigenvalue weighted by atomic mass is 10.1. The highest BCUT2D eigenvalue weighted by molar-refractivity contribution is 7.09. The average molecular weight is 415 g/mol. The van der Waals surface area contributed by atoms with Crippen LogP contribution in [0.5, 0.6) is 0 Å². The summed E-state index contributed by atoms with van der Waals surface area (Å²) in [5.74, 6) is 0.713. The second-order valence-corrected chi connectivity index (χ2v) is 8.03. The molecule has 0 aliphatic carbocycles. The highest BCUT2D eigenvalue weighted by Crippen LogP contribution is 2.21. The van der Waals surface area contributed by atoms with Gasteiger partial charge >= 0.3 is 0 Å². The van der Waals surface area contributed by atoms with Gasteiger partial charge in [-0.05, 0) is 37.1 Å². The first-order chi connectivity index (χ1) is 13.5. The maximum atomic E-state index is 12.3. The second kappa shape index (κ2) is 9.66. The van der Waals surface area contributed by atoms with Gasteiger partial charge in [0.1, 0.15) is 5.82 Å². The van der Waals surface area contributed by atoms with Gasteiger partial charge in [-0.2, -0.15) is 4.37 Å². The topological polar surface area (TPSA) is 58.1 Å². The molecule has 0 unspecified atom stereocenters. The predicted octanol–water partition coefficient (Wildman–Crippen LogP) is 4.31. The molecule has 2 aromatic carbocycles. The van der Waals surface area contributed by atoms with Crippen molar-refractivity contribution in [2.24, 2.45) is 0 Å². The summed E-state index contributed by atoms with van der Waals surface area (Å²) in [6, 6.07) is 17.8. The summed E-state index contributed by atoms with van der Waals surface area (Å²) in [6.45, 7) is 4.74. The predicted molar refractivity (Wildman–Crippen MR) is 115 cm³/mol. The Morgan fingerprint density at radius 1 is 1.11 bits per heavy atom. The van der Waals surface area contributed by atoms with Gasteiger partial charge < -0.3 is 10.2 Å².